The summed E-state index contributed by atoms with van der Waals surface area (Å²) in [6.07, 6.45) is 0. The molecule has 0 N–H and O–H groups in total. The molecular formula is C52H38O8. The Labute approximate surface area is 346 Å². The lowest BCUT2D eigenvalue weighted by atomic mass is 9.83. The van der Waals surface area contributed by atoms with Crippen LogP contribution in [-0.2, 0) is 18.9 Å². The van der Waals surface area contributed by atoms with Gasteiger partial charge in [-0.3, -0.25) is 0 Å². The van der Waals surface area contributed by atoms with Gasteiger partial charge in [0.25, 0.3) is 0 Å². The maximum absolute atomic E-state index is 13.8. The van der Waals surface area contributed by atoms with Gasteiger partial charge in [0.2, 0.25) is 0 Å². The molecule has 294 valence electrons. The molecule has 0 unspecified atom stereocenters. The van der Waals surface area contributed by atoms with E-state index in [2.05, 4.69) is 0 Å². The molecule has 0 radical (unpaired) electrons. The van der Waals surface area contributed by atoms with Gasteiger partial charge < -0.3 is 18.9 Å². The summed E-state index contributed by atoms with van der Waals surface area (Å²) in [6, 6.07) is 49.6. The van der Waals surface area contributed by atoms with E-state index in [1.165, 1.54) is 28.4 Å². The van der Waals surface area contributed by atoms with Crippen LogP contribution in [0.25, 0.3) is 77.2 Å². The molecule has 0 atom stereocenters. The molecule has 0 aliphatic carbocycles. The summed E-state index contributed by atoms with van der Waals surface area (Å²) >= 11 is 0. The minimum absolute atomic E-state index is 0.109. The van der Waals surface area contributed by atoms with Gasteiger partial charge in [0, 0.05) is 22.3 Å². The molecule has 0 saturated carbocycles. The van der Waals surface area contributed by atoms with Crippen LogP contribution < -0.4 is 0 Å². The normalized spacial score (nSPS) is 10.9. The molecule has 8 heteroatoms. The molecule has 0 aliphatic rings. The fourth-order valence-corrected chi connectivity index (χ4v) is 8.17. The second kappa shape index (κ2) is 16.6. The number of carbonyl (C=O) groups excluding carboxylic acids is 4. The monoisotopic (exact) mass is 790 g/mol. The fraction of sp³-hybridized carbons (Fsp3) is 0.0769. The van der Waals surface area contributed by atoms with Gasteiger partial charge in [-0.25, -0.2) is 19.2 Å². The summed E-state index contributed by atoms with van der Waals surface area (Å²) in [5.74, 6) is -2.65. The Bertz CT molecular complexity index is 2750. The van der Waals surface area contributed by atoms with Gasteiger partial charge in [-0.15, -0.1) is 0 Å². The van der Waals surface area contributed by atoms with E-state index < -0.39 is 23.9 Å². The first-order valence-electron chi connectivity index (χ1n) is 19.1. The smallest absolute Gasteiger partial charge is 0.339 e. The first-order valence-corrected chi connectivity index (χ1v) is 19.1. The molecule has 8 aromatic carbocycles. The number of carbonyl (C=O) groups is 4. The quantitative estimate of drug-likeness (QED) is 0.105. The standard InChI is InChI=1S/C52H38O8/c1-57-49(53)45-41(33-15-7-5-8-16-33)37-19-11-13-21-39(37)43(47(45)51(55)59-3)35-27-23-31(24-28-35)32-25-29-36(30-26-32)44-40-22-14-12-20-38(40)42(34-17-9-6-10-18-34)46(50(54)58-2)48(44)52(56)60-4/h5-30H,1-4H3. The van der Waals surface area contributed by atoms with E-state index in [9.17, 15) is 19.2 Å². The van der Waals surface area contributed by atoms with Crippen molar-refractivity contribution < 1.29 is 38.1 Å². The van der Waals surface area contributed by atoms with Gasteiger partial charge in [-0.2, -0.15) is 0 Å². The molecule has 8 aromatic rings. The van der Waals surface area contributed by atoms with Gasteiger partial charge in [0.05, 0.1) is 50.7 Å². The van der Waals surface area contributed by atoms with E-state index >= 15 is 0 Å². The molecule has 0 aliphatic heterocycles. The third-order valence-corrected chi connectivity index (χ3v) is 10.8. The Hall–Kier alpha value is -7.84. The molecular weight excluding hydrogens is 753 g/mol. The highest BCUT2D eigenvalue weighted by Crippen LogP contribution is 2.45. The number of benzene rings is 8. The number of ether oxygens (including phenoxy) is 4. The van der Waals surface area contributed by atoms with Crippen molar-refractivity contribution in [3.63, 3.8) is 0 Å². The van der Waals surface area contributed by atoms with Crippen LogP contribution in [0.15, 0.2) is 158 Å². The van der Waals surface area contributed by atoms with E-state index in [0.29, 0.717) is 33.4 Å². The zero-order valence-electron chi connectivity index (χ0n) is 33.3. The van der Waals surface area contributed by atoms with Gasteiger partial charge in [-0.1, -0.05) is 158 Å². The zero-order valence-corrected chi connectivity index (χ0v) is 33.3. The Morgan fingerprint density at radius 2 is 0.467 bits per heavy atom. The summed E-state index contributed by atoms with van der Waals surface area (Å²) in [5.41, 5.74) is 7.34. The zero-order chi connectivity index (χ0) is 41.9. The molecule has 0 amide bonds. The minimum atomic E-state index is -0.668. The molecule has 0 fully saturated rings. The molecule has 0 saturated heterocycles. The highest BCUT2D eigenvalue weighted by atomic mass is 16.5. The topological polar surface area (TPSA) is 105 Å². The van der Waals surface area contributed by atoms with Crippen molar-refractivity contribution >= 4 is 45.4 Å². The first kappa shape index (κ1) is 39.0. The number of esters is 4. The van der Waals surface area contributed by atoms with E-state index in [4.69, 9.17) is 18.9 Å². The number of hydrogen-bond acceptors (Lipinski definition) is 8. The summed E-state index contributed by atoms with van der Waals surface area (Å²) < 4.78 is 21.2. The highest BCUT2D eigenvalue weighted by molar-refractivity contribution is 6.23. The van der Waals surface area contributed by atoms with Gasteiger partial charge in [0.1, 0.15) is 0 Å². The summed E-state index contributed by atoms with van der Waals surface area (Å²) in [4.78, 5) is 54.9. The molecule has 0 bridgehead atoms. The molecule has 0 aromatic heterocycles. The van der Waals surface area contributed by atoms with Crippen LogP contribution in [0.3, 0.4) is 0 Å². The van der Waals surface area contributed by atoms with Gasteiger partial charge >= 0.3 is 23.9 Å². The van der Waals surface area contributed by atoms with Crippen molar-refractivity contribution in [2.24, 2.45) is 0 Å². The van der Waals surface area contributed by atoms with E-state index in [-0.39, 0.29) is 22.3 Å². The van der Waals surface area contributed by atoms with Crippen molar-refractivity contribution in [3.05, 3.63) is 180 Å². The van der Waals surface area contributed by atoms with Crippen molar-refractivity contribution in [3.8, 4) is 55.6 Å². The average molecular weight is 791 g/mol. The molecule has 8 rings (SSSR count). The maximum Gasteiger partial charge on any atom is 0.339 e. The summed E-state index contributed by atoms with van der Waals surface area (Å²) in [6.45, 7) is 0. The lowest BCUT2D eigenvalue weighted by molar-refractivity contribution is 0.0557. The maximum atomic E-state index is 13.8. The molecule has 0 heterocycles. The minimum Gasteiger partial charge on any atom is -0.465 e. The summed E-state index contributed by atoms with van der Waals surface area (Å²) in [5, 5.41) is 3.08. The molecule has 0 spiro atoms. The molecule has 60 heavy (non-hydrogen) atoms. The molecule has 8 nitrogen and oxygen atoms in total. The van der Waals surface area contributed by atoms with Crippen LogP contribution in [0.4, 0.5) is 0 Å². The van der Waals surface area contributed by atoms with Crippen LogP contribution in [-0.4, -0.2) is 52.3 Å². The first-order chi connectivity index (χ1) is 29.3. The number of hydrogen-bond donors (Lipinski definition) is 0. The lowest BCUT2D eigenvalue weighted by Gasteiger charge is -2.21. The number of methoxy groups -OCH3 is 4. The summed E-state index contributed by atoms with van der Waals surface area (Å²) in [7, 11) is 5.18. The predicted molar refractivity (Wildman–Crippen MR) is 234 cm³/mol. The second-order valence-corrected chi connectivity index (χ2v) is 13.9. The third-order valence-electron chi connectivity index (χ3n) is 10.8. The van der Waals surface area contributed by atoms with Crippen LogP contribution in [0.2, 0.25) is 0 Å². The van der Waals surface area contributed by atoms with Gasteiger partial charge in [0.15, 0.2) is 0 Å². The van der Waals surface area contributed by atoms with Crippen LogP contribution in [0, 0.1) is 0 Å². The number of rotatable bonds is 9. The lowest BCUT2D eigenvalue weighted by Crippen LogP contribution is -2.16. The van der Waals surface area contributed by atoms with Gasteiger partial charge in [-0.05, 0) is 54.9 Å². The largest absolute Gasteiger partial charge is 0.465 e. The van der Waals surface area contributed by atoms with Crippen LogP contribution >= 0.6 is 0 Å². The van der Waals surface area contributed by atoms with E-state index in [0.717, 1.165) is 43.8 Å². The predicted octanol–water partition coefficient (Wildman–Crippen LogP) is 11.5. The average Bonchev–Trinajstić information content (AvgIpc) is 3.32. The van der Waals surface area contributed by atoms with E-state index in [1.54, 1.807) is 0 Å². The van der Waals surface area contributed by atoms with Crippen LogP contribution in [0.5, 0.6) is 0 Å². The second-order valence-electron chi connectivity index (χ2n) is 13.9. The Kier molecular flexibility index (Phi) is 10.8. The highest BCUT2D eigenvalue weighted by Gasteiger charge is 2.32. The fourth-order valence-electron chi connectivity index (χ4n) is 8.17. The van der Waals surface area contributed by atoms with Crippen molar-refractivity contribution in [2.75, 3.05) is 28.4 Å². The third kappa shape index (κ3) is 6.73. The van der Waals surface area contributed by atoms with E-state index in [1.807, 2.05) is 158 Å². The van der Waals surface area contributed by atoms with Crippen molar-refractivity contribution in [1.29, 1.82) is 0 Å². The van der Waals surface area contributed by atoms with Crippen molar-refractivity contribution in [2.45, 2.75) is 0 Å². The van der Waals surface area contributed by atoms with Crippen molar-refractivity contribution in [1.82, 2.24) is 0 Å². The SMILES string of the molecule is COC(=O)c1c(C(=O)OC)c(-c2ccc(-c3ccc(-c4c(C(=O)OC)c(C(=O)OC)c(-c5ccccc5)c5ccccc45)cc3)cc2)c2ccccc2c1-c1ccccc1. The number of fused-ring (bicyclic) bond motifs is 2. The Balaban J connectivity index is 1.28. The Morgan fingerprint density at radius 3 is 0.700 bits per heavy atom. The van der Waals surface area contributed by atoms with Crippen LogP contribution in [0.1, 0.15) is 41.4 Å². The Morgan fingerprint density at radius 1 is 0.267 bits per heavy atom.